The van der Waals surface area contributed by atoms with Crippen LogP contribution < -0.4 is 5.32 Å². The van der Waals surface area contributed by atoms with Gasteiger partial charge in [-0.05, 0) is 43.7 Å². The highest BCUT2D eigenvalue weighted by Gasteiger charge is 2.23. The van der Waals surface area contributed by atoms with E-state index in [4.69, 9.17) is 0 Å². The largest absolute Gasteiger partial charge is 0.354 e. The number of hydrogen-bond donors (Lipinski definition) is 1. The number of rotatable bonds is 5. The Morgan fingerprint density at radius 1 is 1.28 bits per heavy atom. The molecule has 25 heavy (non-hydrogen) atoms. The summed E-state index contributed by atoms with van der Waals surface area (Å²) in [6.45, 7) is 6.48. The number of carbonyl (C=O) groups is 1. The maximum absolute atomic E-state index is 12.8. The number of aryl methyl sites for hydroxylation is 1. The van der Waals surface area contributed by atoms with Crippen LogP contribution in [0.1, 0.15) is 41.5 Å². The Labute approximate surface area is 149 Å². The molecule has 1 aromatic heterocycles. The van der Waals surface area contributed by atoms with Crippen LogP contribution in [0.5, 0.6) is 0 Å². The average molecular weight is 338 g/mol. The summed E-state index contributed by atoms with van der Waals surface area (Å²) in [5.41, 5.74) is 2.57. The number of benzene rings is 1. The zero-order valence-corrected chi connectivity index (χ0v) is 15.0. The molecule has 1 N–H and O–H groups in total. The zero-order valence-electron chi connectivity index (χ0n) is 15.0. The minimum absolute atomic E-state index is 0.0168. The smallest absolute Gasteiger partial charge is 0.272 e. The SMILES string of the molecule is Cc1cc(C(=O)N2CCCC(C)C2)nc(NCCc2ccccc2)n1. The highest BCUT2D eigenvalue weighted by molar-refractivity contribution is 5.92. The van der Waals surface area contributed by atoms with Crippen LogP contribution in [0.3, 0.4) is 0 Å². The number of likely N-dealkylation sites (tertiary alicyclic amines) is 1. The van der Waals surface area contributed by atoms with Gasteiger partial charge in [0.1, 0.15) is 5.69 Å². The van der Waals surface area contributed by atoms with E-state index >= 15 is 0 Å². The lowest BCUT2D eigenvalue weighted by atomic mass is 10.00. The second-order valence-corrected chi connectivity index (χ2v) is 6.88. The van der Waals surface area contributed by atoms with Gasteiger partial charge in [-0.3, -0.25) is 4.79 Å². The van der Waals surface area contributed by atoms with E-state index in [2.05, 4.69) is 34.3 Å². The van der Waals surface area contributed by atoms with E-state index in [1.165, 1.54) is 12.0 Å². The van der Waals surface area contributed by atoms with Gasteiger partial charge in [0.25, 0.3) is 5.91 Å². The van der Waals surface area contributed by atoms with Gasteiger partial charge >= 0.3 is 0 Å². The first-order valence-corrected chi connectivity index (χ1v) is 9.04. The van der Waals surface area contributed by atoms with Crippen LogP contribution in [-0.4, -0.2) is 40.4 Å². The van der Waals surface area contributed by atoms with Gasteiger partial charge in [0.05, 0.1) is 0 Å². The van der Waals surface area contributed by atoms with E-state index in [0.717, 1.165) is 38.2 Å². The predicted molar refractivity (Wildman–Crippen MR) is 99.7 cm³/mol. The van der Waals surface area contributed by atoms with Crippen molar-refractivity contribution in [3.8, 4) is 0 Å². The molecule has 0 spiro atoms. The van der Waals surface area contributed by atoms with E-state index in [9.17, 15) is 4.79 Å². The molecule has 5 heteroatoms. The molecule has 0 bridgehead atoms. The third-order valence-corrected chi connectivity index (χ3v) is 4.56. The van der Waals surface area contributed by atoms with Crippen LogP contribution in [0.25, 0.3) is 0 Å². The van der Waals surface area contributed by atoms with E-state index in [1.54, 1.807) is 6.07 Å². The number of piperidine rings is 1. The maximum Gasteiger partial charge on any atom is 0.272 e. The Hall–Kier alpha value is -2.43. The minimum atomic E-state index is 0.0168. The van der Waals surface area contributed by atoms with Crippen molar-refractivity contribution in [2.24, 2.45) is 5.92 Å². The molecule has 5 nitrogen and oxygen atoms in total. The van der Waals surface area contributed by atoms with Crippen LogP contribution in [0.15, 0.2) is 36.4 Å². The summed E-state index contributed by atoms with van der Waals surface area (Å²) in [7, 11) is 0. The average Bonchev–Trinajstić information content (AvgIpc) is 2.61. The van der Waals surface area contributed by atoms with Crippen molar-refractivity contribution in [3.63, 3.8) is 0 Å². The van der Waals surface area contributed by atoms with Crippen molar-refractivity contribution in [2.45, 2.75) is 33.1 Å². The molecule has 3 rings (SSSR count). The maximum atomic E-state index is 12.8. The standard InChI is InChI=1S/C20H26N4O/c1-15-7-6-12-24(14-15)19(25)18-13-16(2)22-20(23-18)21-11-10-17-8-4-3-5-9-17/h3-5,8-9,13,15H,6-7,10-12,14H2,1-2H3,(H,21,22,23). The Bertz CT molecular complexity index is 717. The summed E-state index contributed by atoms with van der Waals surface area (Å²) in [5, 5.41) is 3.25. The van der Waals surface area contributed by atoms with Crippen molar-refractivity contribution in [1.82, 2.24) is 14.9 Å². The third kappa shape index (κ3) is 4.78. The molecule has 1 aliphatic rings. The summed E-state index contributed by atoms with van der Waals surface area (Å²) in [6, 6.07) is 12.1. The molecule has 1 aliphatic heterocycles. The summed E-state index contributed by atoms with van der Waals surface area (Å²) < 4.78 is 0. The molecule has 1 unspecified atom stereocenters. The van der Waals surface area contributed by atoms with Crippen LogP contribution in [0, 0.1) is 12.8 Å². The molecule has 1 fully saturated rings. The number of hydrogen-bond acceptors (Lipinski definition) is 4. The molecule has 1 atom stereocenters. The second kappa shape index (κ2) is 8.10. The van der Waals surface area contributed by atoms with Crippen molar-refractivity contribution in [2.75, 3.05) is 25.0 Å². The fraction of sp³-hybridized carbons (Fsp3) is 0.450. The molecular weight excluding hydrogens is 312 g/mol. The van der Waals surface area contributed by atoms with Gasteiger partial charge in [-0.15, -0.1) is 0 Å². The summed E-state index contributed by atoms with van der Waals surface area (Å²) in [4.78, 5) is 23.5. The van der Waals surface area contributed by atoms with Crippen LogP contribution in [-0.2, 0) is 6.42 Å². The van der Waals surface area contributed by atoms with Crippen LogP contribution >= 0.6 is 0 Å². The van der Waals surface area contributed by atoms with Crippen molar-refractivity contribution < 1.29 is 4.79 Å². The van der Waals surface area contributed by atoms with E-state index < -0.39 is 0 Å². The molecule has 0 saturated carbocycles. The number of carbonyl (C=O) groups excluding carboxylic acids is 1. The molecular formula is C20H26N4O. The molecule has 1 aromatic carbocycles. The lowest BCUT2D eigenvalue weighted by Gasteiger charge is -2.30. The molecule has 0 radical (unpaired) electrons. The summed E-state index contributed by atoms with van der Waals surface area (Å²) in [5.74, 6) is 1.11. The first kappa shape index (κ1) is 17.4. The third-order valence-electron chi connectivity index (χ3n) is 4.56. The van der Waals surface area contributed by atoms with E-state index in [1.807, 2.05) is 30.0 Å². The summed E-state index contributed by atoms with van der Waals surface area (Å²) in [6.07, 6.45) is 3.16. The Balaban J connectivity index is 1.64. The highest BCUT2D eigenvalue weighted by Crippen LogP contribution is 2.18. The molecule has 132 valence electrons. The van der Waals surface area contributed by atoms with Gasteiger partial charge in [-0.1, -0.05) is 37.3 Å². The quantitative estimate of drug-likeness (QED) is 0.909. The highest BCUT2D eigenvalue weighted by atomic mass is 16.2. The second-order valence-electron chi connectivity index (χ2n) is 6.88. The van der Waals surface area contributed by atoms with Gasteiger partial charge in [0.15, 0.2) is 0 Å². The molecule has 2 aromatic rings. The number of nitrogens with zero attached hydrogens (tertiary/aromatic N) is 3. The Morgan fingerprint density at radius 2 is 2.08 bits per heavy atom. The lowest BCUT2D eigenvalue weighted by molar-refractivity contribution is 0.0677. The normalized spacial score (nSPS) is 17.4. The van der Waals surface area contributed by atoms with E-state index in [0.29, 0.717) is 17.6 Å². The van der Waals surface area contributed by atoms with Crippen molar-refractivity contribution >= 4 is 11.9 Å². The Kier molecular flexibility index (Phi) is 5.64. The topological polar surface area (TPSA) is 58.1 Å². The van der Waals surface area contributed by atoms with Crippen molar-refractivity contribution in [1.29, 1.82) is 0 Å². The first-order valence-electron chi connectivity index (χ1n) is 9.04. The monoisotopic (exact) mass is 338 g/mol. The number of aromatic nitrogens is 2. The molecule has 1 amide bonds. The molecule has 1 saturated heterocycles. The number of nitrogens with one attached hydrogen (secondary N) is 1. The summed E-state index contributed by atoms with van der Waals surface area (Å²) >= 11 is 0. The van der Waals surface area contributed by atoms with Gasteiger partial charge in [0, 0.05) is 25.3 Å². The fourth-order valence-electron chi connectivity index (χ4n) is 3.26. The Morgan fingerprint density at radius 3 is 2.84 bits per heavy atom. The molecule has 2 heterocycles. The van der Waals surface area contributed by atoms with E-state index in [-0.39, 0.29) is 5.91 Å². The van der Waals surface area contributed by atoms with Gasteiger partial charge in [-0.2, -0.15) is 0 Å². The lowest BCUT2D eigenvalue weighted by Crippen LogP contribution is -2.39. The first-order chi connectivity index (χ1) is 12.1. The van der Waals surface area contributed by atoms with Crippen LogP contribution in [0.4, 0.5) is 5.95 Å². The number of anilines is 1. The predicted octanol–water partition coefficient (Wildman–Crippen LogP) is 3.31. The van der Waals surface area contributed by atoms with Gasteiger partial charge < -0.3 is 10.2 Å². The van der Waals surface area contributed by atoms with Gasteiger partial charge in [0.2, 0.25) is 5.95 Å². The minimum Gasteiger partial charge on any atom is -0.354 e. The number of amides is 1. The van der Waals surface area contributed by atoms with Crippen LogP contribution in [0.2, 0.25) is 0 Å². The van der Waals surface area contributed by atoms with Crippen molar-refractivity contribution in [3.05, 3.63) is 53.3 Å². The molecule has 0 aliphatic carbocycles. The van der Waals surface area contributed by atoms with Gasteiger partial charge in [-0.25, -0.2) is 9.97 Å². The zero-order chi connectivity index (χ0) is 17.6. The fourth-order valence-corrected chi connectivity index (χ4v) is 3.26.